The molecule has 1 fully saturated rings. The van der Waals surface area contributed by atoms with Crippen molar-refractivity contribution in [2.75, 3.05) is 50.7 Å². The highest BCUT2D eigenvalue weighted by atomic mass is 16.3. The number of hydrogen-bond acceptors (Lipinski definition) is 6. The second-order valence-electron chi connectivity index (χ2n) is 7.27. The van der Waals surface area contributed by atoms with Gasteiger partial charge in [-0.3, -0.25) is 30.1 Å². The lowest BCUT2D eigenvalue weighted by Crippen LogP contribution is -2.52. The smallest absolute Gasteiger partial charge is 0.289 e. The number of anilines is 1. The minimum atomic E-state index is -0.367. The van der Waals surface area contributed by atoms with Crippen molar-refractivity contribution in [2.24, 2.45) is 0 Å². The Morgan fingerprint density at radius 1 is 0.968 bits per heavy atom. The molecule has 1 aromatic heterocycles. The Morgan fingerprint density at radius 3 is 2.23 bits per heavy atom. The van der Waals surface area contributed by atoms with E-state index in [4.69, 9.17) is 4.42 Å². The summed E-state index contributed by atoms with van der Waals surface area (Å²) in [6, 6.07) is 10.6. The van der Waals surface area contributed by atoms with Crippen LogP contribution in [-0.2, 0) is 4.79 Å². The molecule has 9 heteroatoms. The molecule has 3 rings (SSSR count). The Morgan fingerprint density at radius 2 is 1.65 bits per heavy atom. The fourth-order valence-corrected chi connectivity index (χ4v) is 3.52. The second kappa shape index (κ2) is 10.6. The normalized spacial score (nSPS) is 14.2. The van der Waals surface area contributed by atoms with Crippen LogP contribution in [0.5, 0.6) is 0 Å². The van der Waals surface area contributed by atoms with Gasteiger partial charge in [-0.2, -0.15) is 0 Å². The molecule has 1 aliphatic rings. The number of nitrogens with zero attached hydrogens (tertiary/aromatic N) is 3. The molecule has 1 saturated heterocycles. The van der Waals surface area contributed by atoms with Crippen molar-refractivity contribution in [3.05, 3.63) is 54.0 Å². The van der Waals surface area contributed by atoms with Crippen molar-refractivity contribution < 1.29 is 18.8 Å². The van der Waals surface area contributed by atoms with Crippen LogP contribution in [0.1, 0.15) is 34.8 Å². The van der Waals surface area contributed by atoms with Gasteiger partial charge in [0.05, 0.1) is 12.8 Å². The van der Waals surface area contributed by atoms with Crippen LogP contribution in [-0.4, -0.2) is 73.3 Å². The Balaban J connectivity index is 1.40. The summed E-state index contributed by atoms with van der Waals surface area (Å²) in [5, 5.41) is 0. The molecule has 3 amide bonds. The van der Waals surface area contributed by atoms with Crippen LogP contribution in [0.4, 0.5) is 5.69 Å². The Bertz CT molecular complexity index is 870. The van der Waals surface area contributed by atoms with Gasteiger partial charge >= 0.3 is 0 Å². The summed E-state index contributed by atoms with van der Waals surface area (Å²) >= 11 is 0. The van der Waals surface area contributed by atoms with Gasteiger partial charge in [-0.1, -0.05) is 0 Å². The van der Waals surface area contributed by atoms with Crippen LogP contribution in [0, 0.1) is 0 Å². The summed E-state index contributed by atoms with van der Waals surface area (Å²) in [4.78, 5) is 42.6. The number of rotatable bonds is 7. The van der Waals surface area contributed by atoms with Crippen molar-refractivity contribution >= 4 is 23.4 Å². The van der Waals surface area contributed by atoms with Crippen LogP contribution in [0.25, 0.3) is 0 Å². The SMILES string of the molecule is CCN(CC)c1ccc(C(=O)NNC(=O)CN2CCN(C(=O)c3ccco3)CC2)cc1. The molecule has 1 aliphatic heterocycles. The largest absolute Gasteiger partial charge is 0.459 e. The van der Waals surface area contributed by atoms with Crippen molar-refractivity contribution in [3.63, 3.8) is 0 Å². The fraction of sp³-hybridized carbons (Fsp3) is 0.409. The first-order valence-corrected chi connectivity index (χ1v) is 10.5. The van der Waals surface area contributed by atoms with Gasteiger partial charge in [-0.15, -0.1) is 0 Å². The summed E-state index contributed by atoms with van der Waals surface area (Å²) in [6.07, 6.45) is 1.47. The molecule has 0 unspecified atom stereocenters. The number of amides is 3. The maximum Gasteiger partial charge on any atom is 0.289 e. The molecule has 0 saturated carbocycles. The number of carbonyl (C=O) groups excluding carboxylic acids is 3. The summed E-state index contributed by atoms with van der Waals surface area (Å²) < 4.78 is 5.15. The van der Waals surface area contributed by atoms with E-state index < -0.39 is 0 Å². The molecule has 1 aromatic carbocycles. The van der Waals surface area contributed by atoms with Crippen LogP contribution in [0.2, 0.25) is 0 Å². The third kappa shape index (κ3) is 5.85. The first kappa shape index (κ1) is 22.4. The van der Waals surface area contributed by atoms with Crippen LogP contribution < -0.4 is 15.8 Å². The number of piperazine rings is 1. The van der Waals surface area contributed by atoms with E-state index in [9.17, 15) is 14.4 Å². The van der Waals surface area contributed by atoms with E-state index >= 15 is 0 Å². The maximum atomic E-state index is 12.3. The Labute approximate surface area is 181 Å². The van der Waals surface area contributed by atoms with Gasteiger partial charge in [0, 0.05) is 50.5 Å². The molecular weight excluding hydrogens is 398 g/mol. The zero-order valence-electron chi connectivity index (χ0n) is 18.0. The van der Waals surface area contributed by atoms with Gasteiger partial charge in [0.2, 0.25) is 0 Å². The predicted molar refractivity (Wildman–Crippen MR) is 117 cm³/mol. The summed E-state index contributed by atoms with van der Waals surface area (Å²) in [5.41, 5.74) is 6.44. The van der Waals surface area contributed by atoms with Crippen molar-refractivity contribution in [3.8, 4) is 0 Å². The molecule has 31 heavy (non-hydrogen) atoms. The minimum Gasteiger partial charge on any atom is -0.459 e. The van der Waals surface area contributed by atoms with E-state index in [1.165, 1.54) is 6.26 Å². The minimum absolute atomic E-state index is 0.143. The maximum absolute atomic E-state index is 12.3. The predicted octanol–water partition coefficient (Wildman–Crippen LogP) is 1.34. The molecule has 0 radical (unpaired) electrons. The van der Waals surface area contributed by atoms with E-state index in [0.717, 1.165) is 18.8 Å². The van der Waals surface area contributed by atoms with Crippen molar-refractivity contribution in [1.82, 2.24) is 20.7 Å². The second-order valence-corrected chi connectivity index (χ2v) is 7.27. The summed E-state index contributed by atoms with van der Waals surface area (Å²) in [5.74, 6) is -0.500. The lowest BCUT2D eigenvalue weighted by atomic mass is 10.2. The first-order valence-electron chi connectivity index (χ1n) is 10.5. The molecule has 9 nitrogen and oxygen atoms in total. The molecule has 166 valence electrons. The molecule has 0 spiro atoms. The summed E-state index contributed by atoms with van der Waals surface area (Å²) in [7, 11) is 0. The molecule has 2 aromatic rings. The average Bonchev–Trinajstić information content (AvgIpc) is 3.34. The highest BCUT2D eigenvalue weighted by Gasteiger charge is 2.24. The number of hydrazine groups is 1. The quantitative estimate of drug-likeness (QED) is 0.648. The first-order chi connectivity index (χ1) is 15.0. The lowest BCUT2D eigenvalue weighted by molar-refractivity contribution is -0.123. The highest BCUT2D eigenvalue weighted by molar-refractivity contribution is 5.95. The van der Waals surface area contributed by atoms with Crippen LogP contribution >= 0.6 is 0 Å². The number of nitrogens with one attached hydrogen (secondary N) is 2. The summed E-state index contributed by atoms with van der Waals surface area (Å²) in [6.45, 7) is 8.25. The average molecular weight is 428 g/mol. The number of benzene rings is 1. The standard InChI is InChI=1S/C22H29N5O4/c1-3-26(4-2)18-9-7-17(8-10-18)21(29)24-23-20(28)16-25-11-13-27(14-12-25)22(30)19-6-5-15-31-19/h5-10,15H,3-4,11-14,16H2,1-2H3,(H,23,28)(H,24,29). The molecule has 0 bridgehead atoms. The molecule has 0 atom stereocenters. The molecular formula is C22H29N5O4. The lowest BCUT2D eigenvalue weighted by Gasteiger charge is -2.33. The third-order valence-corrected chi connectivity index (χ3v) is 5.33. The Hall–Kier alpha value is -3.33. The van der Waals surface area contributed by atoms with E-state index in [2.05, 4.69) is 29.6 Å². The van der Waals surface area contributed by atoms with E-state index in [0.29, 0.717) is 37.5 Å². The number of hydrogen-bond donors (Lipinski definition) is 2. The molecule has 2 heterocycles. The van der Waals surface area contributed by atoms with Crippen LogP contribution in [0.3, 0.4) is 0 Å². The monoisotopic (exact) mass is 427 g/mol. The van der Waals surface area contributed by atoms with E-state index in [1.54, 1.807) is 29.2 Å². The van der Waals surface area contributed by atoms with Gasteiger partial charge in [-0.25, -0.2) is 0 Å². The fourth-order valence-electron chi connectivity index (χ4n) is 3.52. The van der Waals surface area contributed by atoms with Gasteiger partial charge in [-0.05, 0) is 50.2 Å². The number of furan rings is 1. The van der Waals surface area contributed by atoms with Crippen molar-refractivity contribution in [1.29, 1.82) is 0 Å². The van der Waals surface area contributed by atoms with Gasteiger partial charge in [0.1, 0.15) is 0 Å². The van der Waals surface area contributed by atoms with Gasteiger partial charge in [0.25, 0.3) is 17.7 Å². The third-order valence-electron chi connectivity index (χ3n) is 5.33. The van der Waals surface area contributed by atoms with Gasteiger partial charge in [0.15, 0.2) is 5.76 Å². The molecule has 2 N–H and O–H groups in total. The van der Waals surface area contributed by atoms with Crippen LogP contribution in [0.15, 0.2) is 47.1 Å². The van der Waals surface area contributed by atoms with E-state index in [-0.39, 0.29) is 24.3 Å². The Kier molecular flexibility index (Phi) is 7.66. The van der Waals surface area contributed by atoms with Crippen molar-refractivity contribution in [2.45, 2.75) is 13.8 Å². The number of carbonyl (C=O) groups is 3. The zero-order valence-corrected chi connectivity index (χ0v) is 18.0. The van der Waals surface area contributed by atoms with E-state index in [1.807, 2.05) is 17.0 Å². The zero-order chi connectivity index (χ0) is 22.2. The highest BCUT2D eigenvalue weighted by Crippen LogP contribution is 2.14. The topological polar surface area (TPSA) is 98.1 Å². The van der Waals surface area contributed by atoms with Gasteiger partial charge < -0.3 is 14.2 Å². The molecule has 0 aliphatic carbocycles.